The van der Waals surface area contributed by atoms with Crippen LogP contribution in [0.5, 0.6) is 11.5 Å². The van der Waals surface area contributed by atoms with E-state index in [-0.39, 0.29) is 5.91 Å². The van der Waals surface area contributed by atoms with E-state index in [0.717, 1.165) is 11.1 Å². The van der Waals surface area contributed by atoms with E-state index in [1.165, 1.54) is 0 Å². The van der Waals surface area contributed by atoms with E-state index < -0.39 is 0 Å². The van der Waals surface area contributed by atoms with E-state index in [1.807, 2.05) is 25.1 Å². The molecular formula is C23H28N2O6. The number of carbonyl (C=O) groups excluding carboxylic acids is 1. The number of nitrogens with one attached hydrogen (secondary N) is 1. The van der Waals surface area contributed by atoms with E-state index in [2.05, 4.69) is 10.5 Å². The molecule has 0 spiro atoms. The van der Waals surface area contributed by atoms with Crippen LogP contribution in [0.4, 0.5) is 0 Å². The number of amides is 1. The standard InChI is InChI=1S/C23H28N2O6/c1-18-2-5-20(6-3-18)23(26)25-24-17-19-4-7-21-22(16-19)31-15-13-29-11-9-27-8-10-28-12-14-30-21/h2-7,16-17H,8-15H2,1H3,(H,25,26)/b24-17+. The maximum absolute atomic E-state index is 12.2. The van der Waals surface area contributed by atoms with Crippen molar-refractivity contribution in [2.45, 2.75) is 6.92 Å². The van der Waals surface area contributed by atoms with Crippen molar-refractivity contribution in [3.63, 3.8) is 0 Å². The summed E-state index contributed by atoms with van der Waals surface area (Å²) >= 11 is 0. The summed E-state index contributed by atoms with van der Waals surface area (Å²) in [6.07, 6.45) is 1.56. The number of benzene rings is 2. The average molecular weight is 428 g/mol. The molecule has 166 valence electrons. The highest BCUT2D eigenvalue weighted by molar-refractivity contribution is 5.94. The van der Waals surface area contributed by atoms with Crippen LogP contribution in [0.25, 0.3) is 0 Å². The van der Waals surface area contributed by atoms with Gasteiger partial charge in [0.25, 0.3) is 5.91 Å². The van der Waals surface area contributed by atoms with Crippen molar-refractivity contribution in [3.8, 4) is 11.5 Å². The lowest BCUT2D eigenvalue weighted by atomic mass is 10.1. The summed E-state index contributed by atoms with van der Waals surface area (Å²) in [5, 5.41) is 4.05. The van der Waals surface area contributed by atoms with E-state index in [0.29, 0.717) is 69.9 Å². The molecule has 2 aromatic rings. The molecule has 0 saturated carbocycles. The summed E-state index contributed by atoms with van der Waals surface area (Å²) < 4.78 is 28.0. The van der Waals surface area contributed by atoms with Gasteiger partial charge >= 0.3 is 0 Å². The van der Waals surface area contributed by atoms with Gasteiger partial charge in [-0.2, -0.15) is 5.10 Å². The van der Waals surface area contributed by atoms with Gasteiger partial charge < -0.3 is 23.7 Å². The molecule has 0 aromatic heterocycles. The molecule has 31 heavy (non-hydrogen) atoms. The Morgan fingerprint density at radius 2 is 1.39 bits per heavy atom. The van der Waals surface area contributed by atoms with Crippen LogP contribution in [0.2, 0.25) is 0 Å². The van der Waals surface area contributed by atoms with Gasteiger partial charge in [-0.3, -0.25) is 4.79 Å². The van der Waals surface area contributed by atoms with Gasteiger partial charge in [0.05, 0.1) is 45.9 Å². The number of hydrogen-bond acceptors (Lipinski definition) is 7. The van der Waals surface area contributed by atoms with E-state index >= 15 is 0 Å². The second-order valence-corrected chi connectivity index (χ2v) is 6.81. The predicted octanol–water partition coefficient (Wildman–Crippen LogP) is 2.58. The number of aryl methyl sites for hydroxylation is 1. The molecule has 1 aliphatic rings. The third-order valence-electron chi connectivity index (χ3n) is 4.38. The first-order chi connectivity index (χ1) is 15.2. The van der Waals surface area contributed by atoms with Gasteiger partial charge in [0.15, 0.2) is 11.5 Å². The summed E-state index contributed by atoms with van der Waals surface area (Å²) in [6, 6.07) is 12.7. The van der Waals surface area contributed by atoms with Crippen LogP contribution in [0.3, 0.4) is 0 Å². The largest absolute Gasteiger partial charge is 0.487 e. The third-order valence-corrected chi connectivity index (χ3v) is 4.38. The third kappa shape index (κ3) is 8.01. The number of hydrazone groups is 1. The fourth-order valence-electron chi connectivity index (χ4n) is 2.73. The summed E-state index contributed by atoms with van der Waals surface area (Å²) in [4.78, 5) is 12.2. The summed E-state index contributed by atoms with van der Waals surface area (Å²) in [7, 11) is 0. The van der Waals surface area contributed by atoms with Crippen LogP contribution < -0.4 is 14.9 Å². The van der Waals surface area contributed by atoms with Crippen LogP contribution in [0, 0.1) is 6.92 Å². The first-order valence-electron chi connectivity index (χ1n) is 10.3. The first-order valence-corrected chi connectivity index (χ1v) is 10.3. The number of ether oxygens (including phenoxy) is 5. The number of carbonyl (C=O) groups is 1. The van der Waals surface area contributed by atoms with Crippen LogP contribution in [0.15, 0.2) is 47.6 Å². The zero-order chi connectivity index (χ0) is 21.7. The van der Waals surface area contributed by atoms with E-state index in [9.17, 15) is 4.79 Å². The topological polar surface area (TPSA) is 87.6 Å². The molecule has 3 rings (SSSR count). The van der Waals surface area contributed by atoms with Gasteiger partial charge in [-0.1, -0.05) is 17.7 Å². The van der Waals surface area contributed by atoms with E-state index in [4.69, 9.17) is 23.7 Å². The maximum atomic E-state index is 12.2. The Hall–Kier alpha value is -2.94. The molecule has 1 heterocycles. The molecule has 0 unspecified atom stereocenters. The molecule has 8 heteroatoms. The summed E-state index contributed by atoms with van der Waals surface area (Å²) in [5.74, 6) is 0.908. The van der Waals surface area contributed by atoms with Gasteiger partial charge in [-0.25, -0.2) is 5.43 Å². The summed E-state index contributed by atoms with van der Waals surface area (Å²) in [5.41, 5.74) is 4.93. The summed E-state index contributed by atoms with van der Waals surface area (Å²) in [6.45, 7) is 5.68. The van der Waals surface area contributed by atoms with Crippen molar-refractivity contribution in [2.75, 3.05) is 52.9 Å². The van der Waals surface area contributed by atoms with Crippen LogP contribution in [0.1, 0.15) is 21.5 Å². The zero-order valence-electron chi connectivity index (χ0n) is 17.7. The fraction of sp³-hybridized carbons (Fsp3) is 0.391. The van der Waals surface area contributed by atoms with Crippen molar-refractivity contribution >= 4 is 12.1 Å². The minimum Gasteiger partial charge on any atom is -0.487 e. The van der Waals surface area contributed by atoms with Gasteiger partial charge in [0, 0.05) is 5.56 Å². The van der Waals surface area contributed by atoms with Crippen LogP contribution in [-0.4, -0.2) is 65.0 Å². The highest BCUT2D eigenvalue weighted by atomic mass is 16.6. The molecule has 2 aromatic carbocycles. The molecule has 1 N–H and O–H groups in total. The lowest BCUT2D eigenvalue weighted by molar-refractivity contribution is 0.00708. The number of hydrogen-bond donors (Lipinski definition) is 1. The van der Waals surface area contributed by atoms with Gasteiger partial charge in [-0.05, 0) is 42.8 Å². The molecule has 0 fully saturated rings. The molecular weight excluding hydrogens is 400 g/mol. The Bertz CT molecular complexity index is 854. The molecule has 0 atom stereocenters. The fourth-order valence-corrected chi connectivity index (χ4v) is 2.73. The van der Waals surface area contributed by atoms with Crippen LogP contribution in [-0.2, 0) is 14.2 Å². The molecule has 0 aliphatic carbocycles. The zero-order valence-corrected chi connectivity index (χ0v) is 17.7. The Morgan fingerprint density at radius 1 is 0.806 bits per heavy atom. The van der Waals surface area contributed by atoms with Crippen molar-refractivity contribution < 1.29 is 28.5 Å². The van der Waals surface area contributed by atoms with Crippen molar-refractivity contribution in [3.05, 3.63) is 59.2 Å². The van der Waals surface area contributed by atoms with Crippen molar-refractivity contribution in [2.24, 2.45) is 5.10 Å². The molecule has 0 radical (unpaired) electrons. The second kappa shape index (κ2) is 12.7. The smallest absolute Gasteiger partial charge is 0.271 e. The molecule has 1 aliphatic heterocycles. The van der Waals surface area contributed by atoms with Gasteiger partial charge in [0.1, 0.15) is 13.2 Å². The number of fused-ring (bicyclic) bond motifs is 1. The van der Waals surface area contributed by atoms with E-state index in [1.54, 1.807) is 30.5 Å². The minimum absolute atomic E-state index is 0.272. The SMILES string of the molecule is Cc1ccc(C(=O)N/N=C/c2ccc3c(c2)OCCOCCOCCOCCO3)cc1. The second-order valence-electron chi connectivity index (χ2n) is 6.81. The monoisotopic (exact) mass is 428 g/mol. The van der Waals surface area contributed by atoms with Crippen molar-refractivity contribution in [1.29, 1.82) is 0 Å². The lowest BCUT2D eigenvalue weighted by Gasteiger charge is -2.13. The normalized spacial score (nSPS) is 16.3. The highest BCUT2D eigenvalue weighted by Gasteiger charge is 2.08. The quantitative estimate of drug-likeness (QED) is 0.597. The first kappa shape index (κ1) is 22.7. The van der Waals surface area contributed by atoms with Crippen LogP contribution >= 0.6 is 0 Å². The van der Waals surface area contributed by atoms with Gasteiger partial charge in [0.2, 0.25) is 0 Å². The van der Waals surface area contributed by atoms with Crippen molar-refractivity contribution in [1.82, 2.24) is 5.43 Å². The van der Waals surface area contributed by atoms with Gasteiger partial charge in [-0.15, -0.1) is 0 Å². The Balaban J connectivity index is 1.61. The highest BCUT2D eigenvalue weighted by Crippen LogP contribution is 2.28. The lowest BCUT2D eigenvalue weighted by Crippen LogP contribution is -2.17. The number of rotatable bonds is 3. The average Bonchev–Trinajstić information content (AvgIpc) is 2.78. The molecule has 0 saturated heterocycles. The number of nitrogens with zero attached hydrogens (tertiary/aromatic N) is 1. The minimum atomic E-state index is -0.272. The Morgan fingerprint density at radius 3 is 2.03 bits per heavy atom. The molecule has 0 bridgehead atoms. The predicted molar refractivity (Wildman–Crippen MR) is 116 cm³/mol. The molecule has 8 nitrogen and oxygen atoms in total. The Labute approximate surface area is 182 Å². The Kier molecular flexibility index (Phi) is 9.31. The maximum Gasteiger partial charge on any atom is 0.271 e. The molecule has 1 amide bonds.